The Morgan fingerprint density at radius 2 is 2.05 bits per heavy atom. The van der Waals surface area contributed by atoms with Crippen LogP contribution in [0.5, 0.6) is 11.5 Å². The zero-order chi connectivity index (χ0) is 14.6. The summed E-state index contributed by atoms with van der Waals surface area (Å²) < 4.78 is 10.2. The van der Waals surface area contributed by atoms with Gasteiger partial charge in [-0.2, -0.15) is 0 Å². The van der Waals surface area contributed by atoms with Crippen LogP contribution in [0.3, 0.4) is 0 Å². The number of rotatable bonds is 5. The molecule has 0 aromatic heterocycles. The van der Waals surface area contributed by atoms with Crippen molar-refractivity contribution in [3.8, 4) is 11.5 Å². The highest BCUT2D eigenvalue weighted by atomic mass is 16.6. The molecule has 0 aliphatic carbocycles. The van der Waals surface area contributed by atoms with Crippen LogP contribution in [0.2, 0.25) is 0 Å². The number of ether oxygens (including phenoxy) is 2. The zero-order valence-corrected chi connectivity index (χ0v) is 10.7. The Hall–Kier alpha value is -2.44. The molecule has 0 aliphatic heterocycles. The molecule has 1 aromatic rings. The van der Waals surface area contributed by atoms with E-state index in [-0.39, 0.29) is 23.2 Å². The molecular weight excluding hydrogens is 254 g/mol. The average molecular weight is 267 g/mol. The van der Waals surface area contributed by atoms with Crippen molar-refractivity contribution < 1.29 is 24.0 Å². The van der Waals surface area contributed by atoms with Crippen molar-refractivity contribution in [1.29, 1.82) is 0 Å². The summed E-state index contributed by atoms with van der Waals surface area (Å²) in [6.07, 6.45) is -0.0296. The number of esters is 1. The normalized spacial score (nSPS) is 10.1. The van der Waals surface area contributed by atoms with E-state index in [0.29, 0.717) is 6.29 Å². The molecule has 0 atom stereocenters. The Kier molecular flexibility index (Phi) is 4.57. The minimum absolute atomic E-state index is 0.0847. The maximum Gasteiger partial charge on any atom is 0.325 e. The summed E-state index contributed by atoms with van der Waals surface area (Å²) in [6, 6.07) is 2.49. The fourth-order valence-corrected chi connectivity index (χ4v) is 1.44. The number of hydrogen-bond acceptors (Lipinski definition) is 6. The van der Waals surface area contributed by atoms with E-state index in [1.807, 2.05) is 0 Å². The number of nitrogens with zero attached hydrogens (tertiary/aromatic N) is 1. The Morgan fingerprint density at radius 3 is 2.47 bits per heavy atom. The van der Waals surface area contributed by atoms with Gasteiger partial charge < -0.3 is 9.47 Å². The number of nitro groups is 1. The maximum absolute atomic E-state index is 11.0. The van der Waals surface area contributed by atoms with Crippen molar-refractivity contribution in [3.63, 3.8) is 0 Å². The molecule has 0 heterocycles. The lowest BCUT2D eigenvalue weighted by molar-refractivity contribution is -0.386. The van der Waals surface area contributed by atoms with Crippen molar-refractivity contribution in [2.75, 3.05) is 0 Å². The fraction of sp³-hybridized carbons (Fsp3) is 0.333. The van der Waals surface area contributed by atoms with Crippen LogP contribution < -0.4 is 9.47 Å². The van der Waals surface area contributed by atoms with Gasteiger partial charge >= 0.3 is 11.7 Å². The van der Waals surface area contributed by atoms with E-state index in [1.165, 1.54) is 19.1 Å². The van der Waals surface area contributed by atoms with E-state index >= 15 is 0 Å². The fourth-order valence-electron chi connectivity index (χ4n) is 1.44. The third-order valence-corrected chi connectivity index (χ3v) is 2.04. The predicted octanol–water partition coefficient (Wildman–Crippen LogP) is 2.12. The number of carbonyl (C=O) groups is 2. The number of nitro benzene ring substituents is 1. The zero-order valence-electron chi connectivity index (χ0n) is 10.7. The third kappa shape index (κ3) is 3.51. The first-order valence-electron chi connectivity index (χ1n) is 5.48. The summed E-state index contributed by atoms with van der Waals surface area (Å²) >= 11 is 0. The van der Waals surface area contributed by atoms with Gasteiger partial charge in [-0.15, -0.1) is 0 Å². The van der Waals surface area contributed by atoms with Gasteiger partial charge in [0.25, 0.3) is 0 Å². The molecule has 0 amide bonds. The van der Waals surface area contributed by atoms with Gasteiger partial charge in [0.1, 0.15) is 0 Å². The van der Waals surface area contributed by atoms with Crippen molar-refractivity contribution in [1.82, 2.24) is 0 Å². The highest BCUT2D eigenvalue weighted by molar-refractivity contribution is 5.85. The molecule has 0 bridgehead atoms. The van der Waals surface area contributed by atoms with Crippen LogP contribution in [-0.2, 0) is 4.79 Å². The number of hydrogen-bond donors (Lipinski definition) is 0. The lowest BCUT2D eigenvalue weighted by Gasteiger charge is -2.14. The maximum atomic E-state index is 11.0. The third-order valence-electron chi connectivity index (χ3n) is 2.04. The lowest BCUT2D eigenvalue weighted by Crippen LogP contribution is -2.12. The molecule has 1 aromatic carbocycles. The van der Waals surface area contributed by atoms with Crippen molar-refractivity contribution in [2.45, 2.75) is 26.9 Å². The van der Waals surface area contributed by atoms with Crippen LogP contribution >= 0.6 is 0 Å². The molecule has 1 rings (SSSR count). The first kappa shape index (κ1) is 14.6. The summed E-state index contributed by atoms with van der Waals surface area (Å²) in [7, 11) is 0. The summed E-state index contributed by atoms with van der Waals surface area (Å²) in [5.74, 6) is -0.944. The Bertz CT molecular complexity index is 523. The van der Waals surface area contributed by atoms with Crippen molar-refractivity contribution in [3.05, 3.63) is 27.8 Å². The Morgan fingerprint density at radius 1 is 1.42 bits per heavy atom. The number of carbonyl (C=O) groups excluding carboxylic acids is 2. The van der Waals surface area contributed by atoms with E-state index in [0.717, 1.165) is 0 Å². The quantitative estimate of drug-likeness (QED) is 0.266. The number of benzene rings is 1. The van der Waals surface area contributed by atoms with E-state index in [1.54, 1.807) is 13.8 Å². The molecule has 0 saturated heterocycles. The molecule has 19 heavy (non-hydrogen) atoms. The van der Waals surface area contributed by atoms with E-state index in [9.17, 15) is 19.7 Å². The number of aldehydes is 1. The highest BCUT2D eigenvalue weighted by Crippen LogP contribution is 2.40. The van der Waals surface area contributed by atoms with Crippen molar-refractivity contribution in [2.24, 2.45) is 0 Å². The molecule has 0 spiro atoms. The van der Waals surface area contributed by atoms with Gasteiger partial charge in [-0.25, -0.2) is 0 Å². The van der Waals surface area contributed by atoms with Crippen molar-refractivity contribution >= 4 is 17.9 Å². The van der Waals surface area contributed by atoms with Gasteiger partial charge in [0.15, 0.2) is 12.0 Å². The first-order chi connectivity index (χ1) is 8.86. The molecule has 0 saturated carbocycles. The topological polar surface area (TPSA) is 95.7 Å². The minimum Gasteiger partial charge on any atom is -0.481 e. The highest BCUT2D eigenvalue weighted by Gasteiger charge is 2.27. The molecule has 0 aliphatic rings. The van der Waals surface area contributed by atoms with Crippen LogP contribution in [0.15, 0.2) is 12.1 Å². The SMILES string of the molecule is CC(=O)Oc1ccc(C=O)c([N+](=O)[O-])c1OC(C)C. The van der Waals surface area contributed by atoms with E-state index < -0.39 is 16.6 Å². The summed E-state index contributed by atoms with van der Waals surface area (Å²) in [5, 5.41) is 11.0. The smallest absolute Gasteiger partial charge is 0.325 e. The van der Waals surface area contributed by atoms with Crippen LogP contribution in [0.4, 0.5) is 5.69 Å². The molecule has 7 heteroatoms. The standard InChI is InChI=1S/C12H13NO6/c1-7(2)18-12-10(19-8(3)15)5-4-9(6-14)11(12)13(16)17/h4-7H,1-3H3. The molecule has 0 N–H and O–H groups in total. The second-order valence-electron chi connectivity index (χ2n) is 3.97. The molecule has 102 valence electrons. The average Bonchev–Trinajstić information content (AvgIpc) is 2.29. The molecule has 0 fully saturated rings. The van der Waals surface area contributed by atoms with Crippen LogP contribution in [-0.4, -0.2) is 23.3 Å². The molecule has 0 radical (unpaired) electrons. The van der Waals surface area contributed by atoms with Gasteiger partial charge in [-0.05, 0) is 26.0 Å². The van der Waals surface area contributed by atoms with E-state index in [2.05, 4.69) is 0 Å². The monoisotopic (exact) mass is 267 g/mol. The van der Waals surface area contributed by atoms with Crippen LogP contribution in [0.1, 0.15) is 31.1 Å². The van der Waals surface area contributed by atoms with Gasteiger partial charge in [0.05, 0.1) is 16.6 Å². The second-order valence-corrected chi connectivity index (χ2v) is 3.97. The predicted molar refractivity (Wildman–Crippen MR) is 65.6 cm³/mol. The van der Waals surface area contributed by atoms with Gasteiger partial charge in [-0.1, -0.05) is 0 Å². The van der Waals surface area contributed by atoms with Gasteiger partial charge in [0.2, 0.25) is 5.75 Å². The summed E-state index contributed by atoms with van der Waals surface area (Å²) in [6.45, 7) is 4.49. The molecule has 0 unspecified atom stereocenters. The van der Waals surface area contributed by atoms with Gasteiger partial charge in [-0.3, -0.25) is 19.7 Å². The first-order valence-corrected chi connectivity index (χ1v) is 5.48. The lowest BCUT2D eigenvalue weighted by atomic mass is 10.1. The van der Waals surface area contributed by atoms with E-state index in [4.69, 9.17) is 9.47 Å². The summed E-state index contributed by atoms with van der Waals surface area (Å²) in [4.78, 5) is 32.1. The summed E-state index contributed by atoms with van der Waals surface area (Å²) in [5.41, 5.74) is -0.654. The Balaban J connectivity index is 3.48. The van der Waals surface area contributed by atoms with Crippen LogP contribution in [0.25, 0.3) is 0 Å². The molecule has 7 nitrogen and oxygen atoms in total. The minimum atomic E-state index is -0.742. The largest absolute Gasteiger partial charge is 0.481 e. The second kappa shape index (κ2) is 5.94. The molecular formula is C12H13NO6. The van der Waals surface area contributed by atoms with Crippen LogP contribution in [0, 0.1) is 10.1 Å². The Labute approximate surface area is 109 Å². The van der Waals surface area contributed by atoms with Gasteiger partial charge in [0, 0.05) is 6.92 Å².